The molecule has 0 amide bonds. The van der Waals surface area contributed by atoms with Crippen LogP contribution in [0.3, 0.4) is 0 Å². The molecular weight excluding hydrogens is 312 g/mol. The van der Waals surface area contributed by atoms with Crippen LogP contribution in [0.4, 0.5) is 17.1 Å². The second-order valence-electron chi connectivity index (χ2n) is 4.08. The average Bonchev–Trinajstić information content (AvgIpc) is 2.48. The van der Waals surface area contributed by atoms with E-state index >= 15 is 0 Å². The van der Waals surface area contributed by atoms with Crippen molar-refractivity contribution in [3.63, 3.8) is 0 Å². The molecule has 2 aromatic rings. The molecule has 0 atom stereocenters. The van der Waals surface area contributed by atoms with Crippen molar-refractivity contribution in [2.24, 2.45) is 0 Å². The largest absolute Gasteiger partial charge is 0.497 e. The van der Waals surface area contributed by atoms with Gasteiger partial charge in [-0.1, -0.05) is 6.07 Å². The van der Waals surface area contributed by atoms with E-state index in [0.29, 0.717) is 12.1 Å². The summed E-state index contributed by atoms with van der Waals surface area (Å²) in [5.74, 6) is -1.21. The zero-order valence-electron chi connectivity index (χ0n) is 11.6. The molecule has 1 aromatic carbocycles. The molecule has 0 radical (unpaired) electrons. The Kier molecular flexibility index (Phi) is 5.60. The monoisotopic (exact) mass is 322 g/mol. The Morgan fingerprint density at radius 2 is 1.48 bits per heavy atom. The number of rotatable bonds is 3. The van der Waals surface area contributed by atoms with Crippen LogP contribution in [-0.4, -0.2) is 24.9 Å². The lowest BCUT2D eigenvalue weighted by molar-refractivity contribution is -0.404. The number of hydrogen-bond donors (Lipinski definition) is 1. The van der Waals surface area contributed by atoms with E-state index in [1.54, 1.807) is 6.20 Å². The molecule has 0 spiro atoms. The second-order valence-corrected chi connectivity index (χ2v) is 4.08. The number of benzene rings is 1. The molecule has 0 saturated carbocycles. The van der Waals surface area contributed by atoms with Crippen LogP contribution in [0.2, 0.25) is 0 Å². The van der Waals surface area contributed by atoms with Gasteiger partial charge in [-0.15, -0.1) is 0 Å². The molecule has 11 nitrogen and oxygen atoms in total. The SMILES string of the molecule is Cc1ccccn1.O=[N+]([O-])c1cc([N+](=O)[O-])c(O)c([N+](=O)[O-])c1. The van der Waals surface area contributed by atoms with Crippen molar-refractivity contribution in [3.05, 3.63) is 72.6 Å². The van der Waals surface area contributed by atoms with Gasteiger partial charge < -0.3 is 5.11 Å². The topological polar surface area (TPSA) is 163 Å². The first kappa shape index (κ1) is 17.4. The van der Waals surface area contributed by atoms with Gasteiger partial charge in [0.05, 0.1) is 26.9 Å². The Balaban J connectivity index is 0.000000313. The van der Waals surface area contributed by atoms with Gasteiger partial charge in [-0.2, -0.15) is 0 Å². The van der Waals surface area contributed by atoms with Gasteiger partial charge in [0, 0.05) is 11.9 Å². The van der Waals surface area contributed by atoms with Gasteiger partial charge in [0.1, 0.15) is 0 Å². The van der Waals surface area contributed by atoms with E-state index in [1.807, 2.05) is 25.1 Å². The number of aryl methyl sites for hydroxylation is 1. The fourth-order valence-electron chi connectivity index (χ4n) is 1.42. The number of phenolic OH excluding ortho intramolecular Hbond substituents is 1. The number of nitrogens with zero attached hydrogens (tertiary/aromatic N) is 4. The van der Waals surface area contributed by atoms with Crippen LogP contribution in [-0.2, 0) is 0 Å². The van der Waals surface area contributed by atoms with Gasteiger partial charge in [0.15, 0.2) is 0 Å². The van der Waals surface area contributed by atoms with Crippen molar-refractivity contribution < 1.29 is 19.9 Å². The number of pyridine rings is 1. The fourth-order valence-corrected chi connectivity index (χ4v) is 1.42. The summed E-state index contributed by atoms with van der Waals surface area (Å²) in [6.45, 7) is 1.97. The smallest absolute Gasteiger partial charge is 0.324 e. The van der Waals surface area contributed by atoms with Crippen LogP contribution in [0.1, 0.15) is 5.69 Å². The summed E-state index contributed by atoms with van der Waals surface area (Å²) in [5, 5.41) is 40.2. The Morgan fingerprint density at radius 1 is 0.957 bits per heavy atom. The summed E-state index contributed by atoms with van der Waals surface area (Å²) in [7, 11) is 0. The molecule has 120 valence electrons. The van der Waals surface area contributed by atoms with E-state index in [2.05, 4.69) is 4.98 Å². The summed E-state index contributed by atoms with van der Waals surface area (Å²) in [5.41, 5.74) is -1.93. The predicted molar refractivity (Wildman–Crippen MR) is 77.0 cm³/mol. The van der Waals surface area contributed by atoms with E-state index in [0.717, 1.165) is 5.69 Å². The average molecular weight is 322 g/mol. The molecule has 1 N–H and O–H groups in total. The third-order valence-corrected chi connectivity index (χ3v) is 2.47. The summed E-state index contributed by atoms with van der Waals surface area (Å²) in [6, 6.07) is 6.75. The normalized spacial score (nSPS) is 9.43. The molecule has 0 aliphatic heterocycles. The lowest BCUT2D eigenvalue weighted by Crippen LogP contribution is -1.97. The molecule has 0 unspecified atom stereocenters. The first-order valence-corrected chi connectivity index (χ1v) is 5.92. The molecule has 1 heterocycles. The predicted octanol–water partition coefficient (Wildman–Crippen LogP) is 2.51. The summed E-state index contributed by atoms with van der Waals surface area (Å²) < 4.78 is 0. The maximum Gasteiger partial charge on any atom is 0.324 e. The first-order chi connectivity index (χ1) is 10.7. The van der Waals surface area contributed by atoms with Gasteiger partial charge in [0.25, 0.3) is 11.4 Å². The Labute approximate surface area is 128 Å². The molecule has 11 heteroatoms. The quantitative estimate of drug-likeness (QED) is 0.665. The van der Waals surface area contributed by atoms with Crippen molar-refractivity contribution in [1.82, 2.24) is 4.98 Å². The van der Waals surface area contributed by atoms with Gasteiger partial charge in [-0.3, -0.25) is 35.3 Å². The first-order valence-electron chi connectivity index (χ1n) is 5.92. The number of aromatic nitrogens is 1. The standard InChI is InChI=1S/C6H3N3O7.C6H7N/c10-6-4(8(13)14)1-3(7(11)12)2-5(6)9(15)16;1-6-4-2-3-5-7-6/h1-2,10H;2-5H,1H3. The van der Waals surface area contributed by atoms with Crippen LogP contribution < -0.4 is 0 Å². The van der Waals surface area contributed by atoms with Gasteiger partial charge >= 0.3 is 11.4 Å². The van der Waals surface area contributed by atoms with Crippen LogP contribution >= 0.6 is 0 Å². The molecule has 0 aliphatic carbocycles. The third kappa shape index (κ3) is 4.70. The minimum Gasteiger partial charge on any atom is -0.497 e. The van der Waals surface area contributed by atoms with Crippen LogP contribution in [0.25, 0.3) is 0 Å². The zero-order chi connectivity index (χ0) is 17.6. The second kappa shape index (κ2) is 7.40. The third-order valence-electron chi connectivity index (χ3n) is 2.47. The van der Waals surface area contributed by atoms with E-state index in [4.69, 9.17) is 5.11 Å². The molecule has 2 rings (SSSR count). The van der Waals surface area contributed by atoms with Gasteiger partial charge in [-0.25, -0.2) is 0 Å². The minimum atomic E-state index is -1.21. The lowest BCUT2D eigenvalue weighted by atomic mass is 10.2. The Bertz CT molecular complexity index is 713. The summed E-state index contributed by atoms with van der Waals surface area (Å²) in [4.78, 5) is 31.7. The molecule has 1 aromatic heterocycles. The number of non-ortho nitro benzene ring substituents is 1. The highest BCUT2D eigenvalue weighted by molar-refractivity contribution is 5.64. The number of nitro groups is 3. The van der Waals surface area contributed by atoms with E-state index in [-0.39, 0.29) is 0 Å². The van der Waals surface area contributed by atoms with Crippen LogP contribution in [0.15, 0.2) is 36.5 Å². The van der Waals surface area contributed by atoms with Crippen molar-refractivity contribution >= 4 is 17.1 Å². The fraction of sp³-hybridized carbons (Fsp3) is 0.0833. The maximum atomic E-state index is 10.4. The molecule has 0 bridgehead atoms. The van der Waals surface area contributed by atoms with E-state index in [1.165, 1.54) is 0 Å². The van der Waals surface area contributed by atoms with Crippen molar-refractivity contribution in [2.45, 2.75) is 6.92 Å². The van der Waals surface area contributed by atoms with Crippen LogP contribution in [0, 0.1) is 37.3 Å². The number of phenols is 1. The number of hydrogen-bond acceptors (Lipinski definition) is 8. The van der Waals surface area contributed by atoms with Gasteiger partial charge in [-0.05, 0) is 19.1 Å². The summed E-state index contributed by atoms with van der Waals surface area (Å²) in [6.07, 6.45) is 1.79. The van der Waals surface area contributed by atoms with Crippen molar-refractivity contribution in [1.29, 1.82) is 0 Å². The molecular formula is C12H10N4O7. The molecule has 0 aliphatic rings. The number of nitro benzene ring substituents is 3. The molecule has 23 heavy (non-hydrogen) atoms. The Hall–Kier alpha value is -3.63. The highest BCUT2D eigenvalue weighted by atomic mass is 16.6. The highest BCUT2D eigenvalue weighted by Gasteiger charge is 2.30. The zero-order valence-corrected chi connectivity index (χ0v) is 11.6. The van der Waals surface area contributed by atoms with E-state index in [9.17, 15) is 30.3 Å². The highest BCUT2D eigenvalue weighted by Crippen LogP contribution is 2.38. The van der Waals surface area contributed by atoms with Crippen LogP contribution in [0.5, 0.6) is 5.75 Å². The van der Waals surface area contributed by atoms with E-state index < -0.39 is 37.6 Å². The molecule has 0 fully saturated rings. The lowest BCUT2D eigenvalue weighted by Gasteiger charge is -1.97. The molecule has 0 saturated heterocycles. The Morgan fingerprint density at radius 3 is 1.74 bits per heavy atom. The summed E-state index contributed by atoms with van der Waals surface area (Å²) >= 11 is 0. The maximum absolute atomic E-state index is 10.4. The minimum absolute atomic E-state index is 0.447. The van der Waals surface area contributed by atoms with Crippen molar-refractivity contribution in [3.8, 4) is 5.75 Å². The number of aromatic hydroxyl groups is 1. The van der Waals surface area contributed by atoms with Gasteiger partial charge in [0.2, 0.25) is 0 Å². The van der Waals surface area contributed by atoms with Crippen molar-refractivity contribution in [2.75, 3.05) is 0 Å².